The smallest absolute Gasteiger partial charge is 0.229 e. The molecule has 0 bridgehead atoms. The number of halogens is 2. The fraction of sp³-hybridized carbons (Fsp3) is 0.522. The maximum atomic E-state index is 14.1. The van der Waals surface area contributed by atoms with E-state index in [0.29, 0.717) is 35.0 Å². The molecule has 346 valence electrons. The van der Waals surface area contributed by atoms with Crippen LogP contribution < -0.4 is 19.3 Å². The Kier molecular flexibility index (Phi) is 14.0. The molecular weight excluding hydrogens is 875 g/mol. The van der Waals surface area contributed by atoms with E-state index in [1.807, 2.05) is 62.4 Å². The van der Waals surface area contributed by atoms with Gasteiger partial charge in [-0.15, -0.1) is 23.2 Å². The average Bonchev–Trinajstić information content (AvgIpc) is 3.88. The van der Waals surface area contributed by atoms with Crippen LogP contribution in [0.15, 0.2) is 60.7 Å². The highest BCUT2D eigenvalue weighted by atomic mass is 35.5. The van der Waals surface area contributed by atoms with Gasteiger partial charge in [0.05, 0.1) is 24.6 Å². The molecular formula is C46H54Cl2N2O14. The van der Waals surface area contributed by atoms with Gasteiger partial charge in [-0.3, -0.25) is 9.59 Å². The van der Waals surface area contributed by atoms with Crippen molar-refractivity contribution in [3.05, 3.63) is 71.8 Å². The molecule has 4 aromatic rings. The number of fused-ring (bicyclic) bond motifs is 6. The molecule has 0 saturated carbocycles. The minimum atomic E-state index is -1.65. The number of unbranched alkanes of at least 4 members (excludes halogenated alkanes) is 1. The zero-order valence-electron chi connectivity index (χ0n) is 35.2. The van der Waals surface area contributed by atoms with Crippen molar-refractivity contribution in [3.8, 4) is 11.5 Å². The van der Waals surface area contributed by atoms with E-state index in [1.165, 1.54) is 0 Å². The van der Waals surface area contributed by atoms with E-state index < -0.39 is 74.6 Å². The predicted molar refractivity (Wildman–Crippen MR) is 236 cm³/mol. The lowest BCUT2D eigenvalue weighted by Gasteiger charge is -2.39. The Balaban J connectivity index is 0.996. The fourth-order valence-electron chi connectivity index (χ4n) is 9.52. The van der Waals surface area contributed by atoms with Gasteiger partial charge < -0.3 is 69.6 Å². The van der Waals surface area contributed by atoms with Gasteiger partial charge in [0.25, 0.3) is 0 Å². The van der Waals surface area contributed by atoms with Crippen LogP contribution in [-0.4, -0.2) is 151 Å². The van der Waals surface area contributed by atoms with E-state index in [-0.39, 0.29) is 71.8 Å². The first-order chi connectivity index (χ1) is 30.6. The molecule has 8 rings (SSSR count). The monoisotopic (exact) mass is 928 g/mol. The molecule has 4 heterocycles. The van der Waals surface area contributed by atoms with Crippen LogP contribution >= 0.6 is 23.2 Å². The van der Waals surface area contributed by atoms with Crippen molar-refractivity contribution in [1.82, 2.24) is 0 Å². The van der Waals surface area contributed by atoms with Crippen molar-refractivity contribution in [2.24, 2.45) is 0 Å². The SMILES string of the molecule is C[C@@H](Cl)[C@@H]1CN(C(=O)CCCCC(=O)N2C[C@@H]([C@@H](C)Cl)c3c2cc(O[C@@H]2OC(CO)[C@H](O)C(O)C2O)c2ccccc32)c2cc(O[C@@H]3OC(CO)[C@H](O)C(O)C3O)c3ccccc3c21. The number of anilines is 2. The third kappa shape index (κ3) is 8.53. The van der Waals surface area contributed by atoms with Crippen LogP contribution in [-0.2, 0) is 19.1 Å². The summed E-state index contributed by atoms with van der Waals surface area (Å²) >= 11 is 13.5. The highest BCUT2D eigenvalue weighted by molar-refractivity contribution is 6.22. The predicted octanol–water partition coefficient (Wildman–Crippen LogP) is 2.73. The summed E-state index contributed by atoms with van der Waals surface area (Å²) in [6.45, 7) is 3.05. The number of nitrogens with zero attached hydrogens (tertiary/aromatic N) is 2. The third-order valence-corrected chi connectivity index (χ3v) is 13.7. The third-order valence-electron chi connectivity index (χ3n) is 13.1. The average molecular weight is 930 g/mol. The van der Waals surface area contributed by atoms with Gasteiger partial charge in [-0.05, 0) is 48.6 Å². The second-order valence-corrected chi connectivity index (χ2v) is 18.5. The molecule has 0 aromatic heterocycles. The Hall–Kier alpha value is -3.88. The molecule has 4 aliphatic heterocycles. The number of rotatable bonds is 13. The summed E-state index contributed by atoms with van der Waals surface area (Å²) in [7, 11) is 0. The van der Waals surface area contributed by atoms with Gasteiger partial charge in [-0.1, -0.05) is 48.5 Å². The number of ether oxygens (including phenoxy) is 4. The van der Waals surface area contributed by atoms with E-state index in [1.54, 1.807) is 21.9 Å². The first-order valence-electron chi connectivity index (χ1n) is 21.6. The highest BCUT2D eigenvalue weighted by Gasteiger charge is 2.47. The van der Waals surface area contributed by atoms with Crippen molar-refractivity contribution in [3.63, 3.8) is 0 Å². The lowest BCUT2D eigenvalue weighted by Crippen LogP contribution is -2.60. The zero-order valence-corrected chi connectivity index (χ0v) is 36.7. The normalized spacial score (nSPS) is 31.2. The molecule has 4 aromatic carbocycles. The van der Waals surface area contributed by atoms with Crippen LogP contribution in [0.4, 0.5) is 11.4 Å². The molecule has 18 heteroatoms. The van der Waals surface area contributed by atoms with Crippen LogP contribution in [0.5, 0.6) is 11.5 Å². The van der Waals surface area contributed by atoms with Gasteiger partial charge in [-0.25, -0.2) is 0 Å². The number of hydrogen-bond donors (Lipinski definition) is 8. The Labute approximate surface area is 379 Å². The van der Waals surface area contributed by atoms with E-state index in [9.17, 15) is 50.4 Å². The van der Waals surface area contributed by atoms with Crippen molar-refractivity contribution in [2.75, 3.05) is 36.1 Å². The number of alkyl halides is 2. The van der Waals surface area contributed by atoms with E-state index in [2.05, 4.69) is 0 Å². The summed E-state index contributed by atoms with van der Waals surface area (Å²) in [6, 6.07) is 18.1. The van der Waals surface area contributed by atoms with Gasteiger partial charge in [0.1, 0.15) is 60.3 Å². The first kappa shape index (κ1) is 46.6. The lowest BCUT2D eigenvalue weighted by molar-refractivity contribution is -0.277. The molecule has 64 heavy (non-hydrogen) atoms. The molecule has 0 spiro atoms. The van der Waals surface area contributed by atoms with Gasteiger partial charge in [-0.2, -0.15) is 0 Å². The van der Waals surface area contributed by atoms with Crippen LogP contribution in [0.1, 0.15) is 62.5 Å². The van der Waals surface area contributed by atoms with Crippen LogP contribution in [0.2, 0.25) is 0 Å². The fourth-order valence-corrected chi connectivity index (χ4v) is 9.93. The first-order valence-corrected chi connectivity index (χ1v) is 22.5. The summed E-state index contributed by atoms with van der Waals surface area (Å²) < 4.78 is 23.6. The van der Waals surface area contributed by atoms with Gasteiger partial charge in [0, 0.05) is 71.4 Å². The van der Waals surface area contributed by atoms with Gasteiger partial charge in [0.15, 0.2) is 0 Å². The molecule has 6 unspecified atom stereocenters. The van der Waals surface area contributed by atoms with Crippen LogP contribution in [0, 0.1) is 0 Å². The molecule has 2 fully saturated rings. The van der Waals surface area contributed by atoms with Crippen molar-refractivity contribution < 1.29 is 69.4 Å². The van der Waals surface area contributed by atoms with Gasteiger partial charge >= 0.3 is 0 Å². The molecule has 4 aliphatic rings. The highest BCUT2D eigenvalue weighted by Crippen LogP contribution is 2.50. The minimum absolute atomic E-state index is 0.103. The summed E-state index contributed by atoms with van der Waals surface area (Å²) in [6.07, 6.45) is -14.0. The summed E-state index contributed by atoms with van der Waals surface area (Å²) in [4.78, 5) is 31.6. The Morgan fingerprint density at radius 3 is 1.31 bits per heavy atom. The second-order valence-electron chi connectivity index (χ2n) is 17.1. The topological polar surface area (TPSA) is 239 Å². The number of carbonyl (C=O) groups is 2. The standard InChI is InChI=1S/C46H54Cl2N2O14/c1-21(47)27-17-49(29-15-31(23-9-3-5-11-25(23)37(27)29)61-45-43(59)41(57)39(55)33(19-51)63-45)35(53)13-7-8-14-36(54)50-18-28(22(2)48)38-26-12-6-4-10-24(26)32(16-30(38)50)62-46-44(60)42(58)40(56)34(20-52)64-46/h3-6,9-12,15-16,21-22,27-28,33-34,39-46,51-52,55-60H,7-8,13-14,17-20H2,1-2H3/t21-,22-,27+,28+,33?,34?,39+,40+,41?,42?,43?,44?,45-,46-/m1/s1. The van der Waals surface area contributed by atoms with E-state index in [4.69, 9.17) is 42.1 Å². The number of benzene rings is 4. The molecule has 0 aliphatic carbocycles. The summed E-state index contributed by atoms with van der Waals surface area (Å²) in [5, 5.41) is 84.7. The summed E-state index contributed by atoms with van der Waals surface area (Å²) in [5.41, 5.74) is 2.81. The maximum Gasteiger partial charge on any atom is 0.229 e. The number of carbonyl (C=O) groups excluding carboxylic acids is 2. The van der Waals surface area contributed by atoms with E-state index >= 15 is 0 Å². The Bertz CT molecular complexity index is 2190. The molecule has 14 atom stereocenters. The maximum absolute atomic E-state index is 14.1. The van der Waals surface area contributed by atoms with E-state index in [0.717, 1.165) is 21.9 Å². The minimum Gasteiger partial charge on any atom is -0.461 e. The van der Waals surface area contributed by atoms with Crippen molar-refractivity contribution >= 4 is 67.9 Å². The number of aliphatic hydroxyl groups excluding tert-OH is 8. The molecule has 8 N–H and O–H groups in total. The van der Waals surface area contributed by atoms with Crippen LogP contribution in [0.25, 0.3) is 21.5 Å². The summed E-state index contributed by atoms with van der Waals surface area (Å²) in [5.74, 6) is -0.402. The number of hydrogen-bond acceptors (Lipinski definition) is 14. The Morgan fingerprint density at radius 1 is 0.609 bits per heavy atom. The number of aliphatic hydroxyl groups is 8. The largest absolute Gasteiger partial charge is 0.461 e. The molecule has 16 nitrogen and oxygen atoms in total. The second kappa shape index (κ2) is 19.1. The molecule has 0 radical (unpaired) electrons. The van der Waals surface area contributed by atoms with Crippen LogP contribution in [0.3, 0.4) is 0 Å². The Morgan fingerprint density at radius 2 is 0.969 bits per heavy atom. The van der Waals surface area contributed by atoms with Crippen molar-refractivity contribution in [1.29, 1.82) is 0 Å². The molecule has 2 saturated heterocycles. The number of amides is 2. The quantitative estimate of drug-likeness (QED) is 0.0711. The molecule has 2 amide bonds. The van der Waals surface area contributed by atoms with Gasteiger partial charge in [0.2, 0.25) is 24.4 Å². The lowest BCUT2D eigenvalue weighted by atomic mass is 9.92. The zero-order chi connectivity index (χ0) is 45.7. The van der Waals surface area contributed by atoms with Crippen molar-refractivity contribution in [2.45, 2.75) is 124 Å².